The van der Waals surface area contributed by atoms with Gasteiger partial charge in [-0.2, -0.15) is 0 Å². The minimum Gasteiger partial charge on any atom is -0.350 e. The molecule has 0 spiro atoms. The van der Waals surface area contributed by atoms with Crippen molar-refractivity contribution in [3.05, 3.63) is 42.0 Å². The van der Waals surface area contributed by atoms with E-state index >= 15 is 0 Å². The second-order valence-corrected chi connectivity index (χ2v) is 12.4. The quantitative estimate of drug-likeness (QED) is 0.295. The predicted octanol–water partition coefficient (Wildman–Crippen LogP) is 4.73. The van der Waals surface area contributed by atoms with Crippen LogP contribution < -0.4 is 16.6 Å². The van der Waals surface area contributed by atoms with E-state index in [1.807, 2.05) is 70.2 Å². The Labute approximate surface area is 245 Å². The summed E-state index contributed by atoms with van der Waals surface area (Å²) in [4.78, 5) is 46.7. The third-order valence-corrected chi connectivity index (χ3v) is 7.77. The molecule has 1 aliphatic heterocycles. The number of ether oxygens (including phenoxy) is 1. The van der Waals surface area contributed by atoms with Crippen LogP contribution in [0, 0.1) is 23.7 Å². The molecule has 9 nitrogen and oxygen atoms in total. The normalized spacial score (nSPS) is 20.2. The van der Waals surface area contributed by atoms with Crippen LogP contribution in [-0.4, -0.2) is 47.7 Å². The van der Waals surface area contributed by atoms with Crippen LogP contribution >= 0.6 is 0 Å². The smallest absolute Gasteiger partial charge is 0.261 e. The molecule has 1 heterocycles. The van der Waals surface area contributed by atoms with Crippen molar-refractivity contribution in [1.29, 1.82) is 0 Å². The number of carbonyl (C=O) groups is 3. The van der Waals surface area contributed by atoms with Gasteiger partial charge in [0.05, 0.1) is 17.4 Å². The van der Waals surface area contributed by atoms with Crippen molar-refractivity contribution in [3.8, 4) is 0 Å². The molecule has 0 aromatic heterocycles. The van der Waals surface area contributed by atoms with Crippen molar-refractivity contribution in [3.63, 3.8) is 0 Å². The molecule has 4 N–H and O–H groups in total. The molecule has 2 fully saturated rings. The lowest BCUT2D eigenvalue weighted by Gasteiger charge is -2.35. The Balaban J connectivity index is 1.83. The fraction of sp³-hybridized carbons (Fsp3) is 0.656. The van der Waals surface area contributed by atoms with Gasteiger partial charge in [-0.25, -0.2) is 10.3 Å². The molecular weight excluding hydrogens is 520 g/mol. The van der Waals surface area contributed by atoms with Crippen LogP contribution in [0.3, 0.4) is 0 Å². The zero-order valence-electron chi connectivity index (χ0n) is 25.3. The van der Waals surface area contributed by atoms with E-state index in [-0.39, 0.29) is 29.6 Å². The number of carbonyl (C=O) groups excluding carboxylic acids is 3. The van der Waals surface area contributed by atoms with Crippen molar-refractivity contribution >= 4 is 23.8 Å². The van der Waals surface area contributed by atoms with Gasteiger partial charge in [-0.05, 0) is 55.9 Å². The molecule has 1 unspecified atom stereocenters. The number of hydrogen-bond acceptors (Lipinski definition) is 6. The van der Waals surface area contributed by atoms with E-state index in [1.54, 1.807) is 0 Å². The molecule has 0 radical (unpaired) electrons. The molecule has 9 heteroatoms. The minimum atomic E-state index is -0.973. The highest BCUT2D eigenvalue weighted by Crippen LogP contribution is 2.30. The van der Waals surface area contributed by atoms with Crippen LogP contribution in [0.15, 0.2) is 36.4 Å². The Bertz CT molecular complexity index is 1000. The maximum atomic E-state index is 14.0. The van der Waals surface area contributed by atoms with E-state index in [0.29, 0.717) is 45.3 Å². The summed E-state index contributed by atoms with van der Waals surface area (Å²) in [5, 5.41) is 1.40. The number of hydrogen-bond donors (Lipinski definition) is 3. The largest absolute Gasteiger partial charge is 0.350 e. The number of amides is 3. The molecule has 3 atom stereocenters. The maximum Gasteiger partial charge on any atom is 0.261 e. The number of hydroxylamine groups is 1. The third kappa shape index (κ3) is 10.2. The summed E-state index contributed by atoms with van der Waals surface area (Å²) in [5.41, 5.74) is 12.0. The lowest BCUT2D eigenvalue weighted by Crippen LogP contribution is -2.60. The first-order valence-corrected chi connectivity index (χ1v) is 15.3. The topological polar surface area (TPSA) is 123 Å². The summed E-state index contributed by atoms with van der Waals surface area (Å²) in [6.07, 6.45) is 9.74. The minimum absolute atomic E-state index is 0.115. The van der Waals surface area contributed by atoms with Gasteiger partial charge in [0.15, 0.2) is 6.29 Å². The van der Waals surface area contributed by atoms with Gasteiger partial charge < -0.3 is 10.5 Å². The molecule has 2 aliphatic rings. The second kappa shape index (κ2) is 16.0. The van der Waals surface area contributed by atoms with Crippen molar-refractivity contribution in [1.82, 2.24) is 15.9 Å². The molecule has 228 valence electrons. The SMILES string of the molecule is CC(C)C[C@@H](C(=O)NN(CC(C)C)C(=O)C1(N)CCCC1)[C@H](CC=Cc1ccccc1)C(=O)NOC1CCCCO1. The van der Waals surface area contributed by atoms with Crippen LogP contribution in [0.4, 0.5) is 0 Å². The number of rotatable bonds is 13. The Kier molecular flexibility index (Phi) is 12.8. The first-order chi connectivity index (χ1) is 19.6. The summed E-state index contributed by atoms with van der Waals surface area (Å²) in [7, 11) is 0. The summed E-state index contributed by atoms with van der Waals surface area (Å²) >= 11 is 0. The monoisotopic (exact) mass is 570 g/mol. The molecular formula is C32H50N4O5. The van der Waals surface area contributed by atoms with E-state index in [0.717, 1.165) is 31.2 Å². The average molecular weight is 571 g/mol. The van der Waals surface area contributed by atoms with Crippen LogP contribution in [0.5, 0.6) is 0 Å². The number of allylic oxidation sites excluding steroid dienone is 1. The highest BCUT2D eigenvalue weighted by Gasteiger charge is 2.42. The van der Waals surface area contributed by atoms with Gasteiger partial charge in [-0.15, -0.1) is 0 Å². The molecule has 0 bridgehead atoms. The lowest BCUT2D eigenvalue weighted by atomic mass is 9.82. The van der Waals surface area contributed by atoms with E-state index < -0.39 is 23.7 Å². The molecule has 1 aliphatic carbocycles. The Morgan fingerprint density at radius 2 is 1.73 bits per heavy atom. The molecule has 3 rings (SSSR count). The summed E-state index contributed by atoms with van der Waals surface area (Å²) in [5.74, 6) is -2.19. The van der Waals surface area contributed by atoms with Crippen LogP contribution in [0.25, 0.3) is 6.08 Å². The van der Waals surface area contributed by atoms with E-state index in [1.165, 1.54) is 5.01 Å². The van der Waals surface area contributed by atoms with Crippen LogP contribution in [0.2, 0.25) is 0 Å². The predicted molar refractivity (Wildman–Crippen MR) is 159 cm³/mol. The highest BCUT2D eigenvalue weighted by atomic mass is 16.8. The Morgan fingerprint density at radius 1 is 1.02 bits per heavy atom. The van der Waals surface area contributed by atoms with E-state index in [2.05, 4.69) is 10.9 Å². The number of hydrazine groups is 1. The van der Waals surface area contributed by atoms with Crippen molar-refractivity contribution in [2.24, 2.45) is 29.4 Å². The molecule has 1 saturated heterocycles. The molecule has 1 aromatic rings. The highest BCUT2D eigenvalue weighted by molar-refractivity contribution is 5.91. The maximum absolute atomic E-state index is 14.0. The Hall–Kier alpha value is -2.75. The number of nitrogens with one attached hydrogen (secondary N) is 2. The van der Waals surface area contributed by atoms with Gasteiger partial charge >= 0.3 is 0 Å². The number of benzene rings is 1. The van der Waals surface area contributed by atoms with Crippen LogP contribution in [0.1, 0.15) is 91.0 Å². The first-order valence-electron chi connectivity index (χ1n) is 15.3. The second-order valence-electron chi connectivity index (χ2n) is 12.4. The summed E-state index contributed by atoms with van der Waals surface area (Å²) in [6.45, 7) is 8.95. The zero-order valence-corrected chi connectivity index (χ0v) is 25.3. The van der Waals surface area contributed by atoms with Gasteiger partial charge in [0.1, 0.15) is 0 Å². The van der Waals surface area contributed by atoms with Crippen molar-refractivity contribution in [2.45, 2.75) is 97.3 Å². The van der Waals surface area contributed by atoms with Gasteiger partial charge in [0, 0.05) is 19.6 Å². The summed E-state index contributed by atoms with van der Waals surface area (Å²) < 4.78 is 5.61. The van der Waals surface area contributed by atoms with E-state index in [9.17, 15) is 14.4 Å². The molecule has 3 amide bonds. The number of nitrogens with two attached hydrogens (primary N) is 1. The third-order valence-electron chi connectivity index (χ3n) is 7.77. The van der Waals surface area contributed by atoms with Crippen molar-refractivity contribution in [2.75, 3.05) is 13.2 Å². The fourth-order valence-electron chi connectivity index (χ4n) is 5.58. The average Bonchev–Trinajstić information content (AvgIpc) is 3.40. The first kappa shape index (κ1) is 32.8. The van der Waals surface area contributed by atoms with Gasteiger partial charge in [-0.1, -0.05) is 83.0 Å². The fourth-order valence-corrected chi connectivity index (χ4v) is 5.58. The summed E-state index contributed by atoms with van der Waals surface area (Å²) in [6, 6.07) is 9.81. The molecule has 1 aromatic carbocycles. The molecule has 41 heavy (non-hydrogen) atoms. The van der Waals surface area contributed by atoms with Crippen molar-refractivity contribution < 1.29 is 24.0 Å². The van der Waals surface area contributed by atoms with E-state index in [4.69, 9.17) is 15.3 Å². The molecule has 1 saturated carbocycles. The van der Waals surface area contributed by atoms with Gasteiger partial charge in [0.25, 0.3) is 5.91 Å². The lowest BCUT2D eigenvalue weighted by molar-refractivity contribution is -0.203. The van der Waals surface area contributed by atoms with Gasteiger partial charge in [-0.3, -0.25) is 24.8 Å². The standard InChI is InChI=1S/C32H50N4O5/c1-23(2)21-27(29(37)34-36(22-24(3)4)31(39)32(33)18-9-10-19-32)26(16-12-15-25-13-6-5-7-14-25)30(38)35-41-28-17-8-11-20-40-28/h5-7,12-15,23-24,26-28H,8-11,16-22,33H2,1-4H3,(H,34,37)(H,35,38)/t26-,27+,28?/m0/s1. The van der Waals surface area contributed by atoms with Crippen LogP contribution in [-0.2, 0) is 24.0 Å². The zero-order chi connectivity index (χ0) is 29.8. The van der Waals surface area contributed by atoms with Gasteiger partial charge in [0.2, 0.25) is 11.8 Å². The number of nitrogens with zero attached hydrogens (tertiary/aromatic N) is 1. The Morgan fingerprint density at radius 3 is 2.34 bits per heavy atom.